The Balaban J connectivity index is 1.11. The second-order valence-electron chi connectivity index (χ2n) is 9.02. The molecule has 6 rings (SSSR count). The van der Waals surface area contributed by atoms with E-state index in [4.69, 9.17) is 9.47 Å². The lowest BCUT2D eigenvalue weighted by molar-refractivity contribution is 0.0388. The number of rotatable bonds is 8. The van der Waals surface area contributed by atoms with Crippen molar-refractivity contribution in [2.24, 2.45) is 0 Å². The van der Waals surface area contributed by atoms with Crippen molar-refractivity contribution >= 4 is 50.1 Å². The number of aromatic nitrogens is 5. The predicted molar refractivity (Wildman–Crippen MR) is 150 cm³/mol. The molecule has 2 amide bonds. The Morgan fingerprint density at radius 1 is 1.15 bits per heavy atom. The van der Waals surface area contributed by atoms with Crippen LogP contribution < -0.4 is 15.4 Å². The molecule has 0 saturated carbocycles. The highest BCUT2D eigenvalue weighted by Crippen LogP contribution is 2.33. The number of benzene rings is 2. The Hall–Kier alpha value is -3.85. The molecule has 5 aromatic rings. The Kier molecular flexibility index (Phi) is 7.73. The zero-order valence-electron chi connectivity index (χ0n) is 21.5. The Morgan fingerprint density at radius 3 is 2.88 bits per heavy atom. The Morgan fingerprint density at radius 2 is 2.02 bits per heavy atom. The summed E-state index contributed by atoms with van der Waals surface area (Å²) in [5, 5.41) is 19.7. The SMILES string of the molecule is Cc1ccc(Oc2ccc3nnc(Sc4ccc5nc(NC(=O)NCCN6CCOCC6)sc5c4)n3n2)cc1F. The van der Waals surface area contributed by atoms with Crippen LogP contribution in [0.4, 0.5) is 14.3 Å². The van der Waals surface area contributed by atoms with Gasteiger partial charge in [-0.1, -0.05) is 17.4 Å². The number of urea groups is 1. The van der Waals surface area contributed by atoms with Gasteiger partial charge in [0.1, 0.15) is 11.6 Å². The molecule has 11 nitrogen and oxygen atoms in total. The van der Waals surface area contributed by atoms with E-state index in [0.29, 0.717) is 33.8 Å². The molecular formula is C26H25FN8O3S2. The molecule has 40 heavy (non-hydrogen) atoms. The van der Waals surface area contributed by atoms with Gasteiger partial charge in [0.05, 0.1) is 23.4 Å². The molecule has 0 atom stereocenters. The second-order valence-corrected chi connectivity index (χ2v) is 11.1. The summed E-state index contributed by atoms with van der Waals surface area (Å²) in [6.07, 6.45) is 0. The van der Waals surface area contributed by atoms with Crippen LogP contribution >= 0.6 is 23.1 Å². The van der Waals surface area contributed by atoms with Crippen molar-refractivity contribution in [1.82, 2.24) is 35.0 Å². The third-order valence-electron chi connectivity index (χ3n) is 6.18. The highest BCUT2D eigenvalue weighted by molar-refractivity contribution is 7.99. The van der Waals surface area contributed by atoms with E-state index in [9.17, 15) is 9.18 Å². The number of morpholine rings is 1. The molecule has 1 saturated heterocycles. The summed E-state index contributed by atoms with van der Waals surface area (Å²) in [6.45, 7) is 6.24. The molecule has 0 spiro atoms. The van der Waals surface area contributed by atoms with E-state index in [2.05, 4.69) is 35.8 Å². The van der Waals surface area contributed by atoms with Crippen molar-refractivity contribution in [1.29, 1.82) is 0 Å². The number of ether oxygens (including phenoxy) is 2. The number of aryl methyl sites for hydroxylation is 1. The molecule has 0 unspecified atom stereocenters. The summed E-state index contributed by atoms with van der Waals surface area (Å²) in [6, 6.07) is 13.6. The lowest BCUT2D eigenvalue weighted by Crippen LogP contribution is -2.42. The van der Waals surface area contributed by atoms with Gasteiger partial charge in [-0.15, -0.1) is 15.3 Å². The maximum Gasteiger partial charge on any atom is 0.321 e. The van der Waals surface area contributed by atoms with Gasteiger partial charge in [-0.25, -0.2) is 14.2 Å². The molecule has 0 aliphatic carbocycles. The first-order valence-electron chi connectivity index (χ1n) is 12.6. The standard InChI is InChI=1S/C26H25FN8O3S2/c1-16-2-3-17(14-19(16)27)38-23-7-6-22-31-32-26(35(22)33-23)39-18-4-5-20-21(15-18)40-25(29-20)30-24(36)28-8-9-34-10-12-37-13-11-34/h2-7,14-15H,8-13H2,1H3,(H2,28,29,30,36). The molecule has 0 bridgehead atoms. The molecule has 1 fully saturated rings. The first-order valence-corrected chi connectivity index (χ1v) is 14.2. The van der Waals surface area contributed by atoms with Crippen molar-refractivity contribution in [3.8, 4) is 11.6 Å². The van der Waals surface area contributed by atoms with E-state index >= 15 is 0 Å². The molecule has 2 aromatic carbocycles. The zero-order chi connectivity index (χ0) is 27.5. The van der Waals surface area contributed by atoms with Crippen molar-refractivity contribution < 1.29 is 18.7 Å². The molecule has 4 heterocycles. The monoisotopic (exact) mass is 580 g/mol. The quantitative estimate of drug-likeness (QED) is 0.272. The summed E-state index contributed by atoms with van der Waals surface area (Å²) < 4.78 is 27.5. The van der Waals surface area contributed by atoms with Crippen LogP contribution in [0, 0.1) is 12.7 Å². The minimum absolute atomic E-state index is 0.283. The van der Waals surface area contributed by atoms with E-state index in [-0.39, 0.29) is 17.7 Å². The summed E-state index contributed by atoms with van der Waals surface area (Å²) in [4.78, 5) is 20.0. The number of thiazole rings is 1. The van der Waals surface area contributed by atoms with Crippen LogP contribution in [-0.2, 0) is 4.74 Å². The molecule has 2 N–H and O–H groups in total. The van der Waals surface area contributed by atoms with Gasteiger partial charge in [-0.05, 0) is 54.6 Å². The third-order valence-corrected chi connectivity index (χ3v) is 8.04. The summed E-state index contributed by atoms with van der Waals surface area (Å²) in [5.41, 5.74) is 1.87. The minimum Gasteiger partial charge on any atom is -0.437 e. The maximum absolute atomic E-state index is 13.9. The van der Waals surface area contributed by atoms with E-state index in [1.54, 1.807) is 35.7 Å². The number of hydrogen-bond donors (Lipinski definition) is 2. The van der Waals surface area contributed by atoms with E-state index < -0.39 is 0 Å². The van der Waals surface area contributed by atoms with Gasteiger partial charge in [-0.2, -0.15) is 4.52 Å². The minimum atomic E-state index is -0.347. The van der Waals surface area contributed by atoms with Gasteiger partial charge in [0, 0.05) is 43.2 Å². The van der Waals surface area contributed by atoms with Crippen molar-refractivity contribution in [3.05, 3.63) is 59.9 Å². The third kappa shape index (κ3) is 6.14. The summed E-state index contributed by atoms with van der Waals surface area (Å²) >= 11 is 2.77. The molecule has 206 valence electrons. The van der Waals surface area contributed by atoms with Crippen molar-refractivity contribution in [2.75, 3.05) is 44.7 Å². The first-order chi connectivity index (χ1) is 19.5. The van der Waals surface area contributed by atoms with Crippen LogP contribution in [0.15, 0.2) is 58.6 Å². The predicted octanol–water partition coefficient (Wildman–Crippen LogP) is 4.58. The number of fused-ring (bicyclic) bond motifs is 2. The van der Waals surface area contributed by atoms with Crippen LogP contribution in [0.3, 0.4) is 0 Å². The zero-order valence-corrected chi connectivity index (χ0v) is 23.1. The van der Waals surface area contributed by atoms with Crippen LogP contribution in [0.1, 0.15) is 5.56 Å². The summed E-state index contributed by atoms with van der Waals surface area (Å²) in [5.74, 6) is 0.290. The van der Waals surface area contributed by atoms with Crippen molar-refractivity contribution in [2.45, 2.75) is 17.0 Å². The molecule has 3 aromatic heterocycles. The average Bonchev–Trinajstić information content (AvgIpc) is 3.54. The van der Waals surface area contributed by atoms with Gasteiger partial charge in [0.25, 0.3) is 0 Å². The molecule has 1 aliphatic heterocycles. The Bertz CT molecular complexity index is 1670. The van der Waals surface area contributed by atoms with Gasteiger partial charge in [0.15, 0.2) is 10.8 Å². The number of halogens is 1. The van der Waals surface area contributed by atoms with Crippen LogP contribution in [0.25, 0.3) is 15.9 Å². The van der Waals surface area contributed by atoms with Crippen LogP contribution in [-0.4, -0.2) is 75.1 Å². The molecule has 0 radical (unpaired) electrons. The smallest absolute Gasteiger partial charge is 0.321 e. The molecule has 14 heteroatoms. The topological polar surface area (TPSA) is 119 Å². The number of carbonyl (C=O) groups is 1. The number of nitrogens with one attached hydrogen (secondary N) is 2. The highest BCUT2D eigenvalue weighted by Gasteiger charge is 2.14. The highest BCUT2D eigenvalue weighted by atomic mass is 32.2. The number of hydrogen-bond acceptors (Lipinski definition) is 10. The fraction of sp³-hybridized carbons (Fsp3) is 0.269. The fourth-order valence-electron chi connectivity index (χ4n) is 4.05. The lowest BCUT2D eigenvalue weighted by atomic mass is 10.2. The molecule has 1 aliphatic rings. The first kappa shape index (κ1) is 26.4. The van der Waals surface area contributed by atoms with Crippen molar-refractivity contribution in [3.63, 3.8) is 0 Å². The fourth-order valence-corrected chi connectivity index (χ4v) is 5.85. The lowest BCUT2D eigenvalue weighted by Gasteiger charge is -2.26. The summed E-state index contributed by atoms with van der Waals surface area (Å²) in [7, 11) is 0. The normalized spacial score (nSPS) is 14.1. The van der Waals surface area contributed by atoms with Crippen LogP contribution in [0.5, 0.6) is 11.6 Å². The van der Waals surface area contributed by atoms with E-state index in [0.717, 1.165) is 48.0 Å². The molecular weight excluding hydrogens is 555 g/mol. The number of anilines is 1. The number of carbonyl (C=O) groups excluding carboxylic acids is 1. The second kappa shape index (κ2) is 11.7. The van der Waals surface area contributed by atoms with E-state index in [1.807, 2.05) is 18.2 Å². The van der Waals surface area contributed by atoms with E-state index in [1.165, 1.54) is 29.2 Å². The maximum atomic E-state index is 13.9. The van der Waals surface area contributed by atoms with Gasteiger partial charge < -0.3 is 14.8 Å². The number of nitrogens with zero attached hydrogens (tertiary/aromatic N) is 6. The number of amides is 2. The average molecular weight is 581 g/mol. The Labute approximate surface area is 236 Å². The van der Waals surface area contributed by atoms with Crippen LogP contribution in [0.2, 0.25) is 0 Å². The van der Waals surface area contributed by atoms with Gasteiger partial charge in [0.2, 0.25) is 11.0 Å². The van der Waals surface area contributed by atoms with Gasteiger partial charge in [-0.3, -0.25) is 10.2 Å². The largest absolute Gasteiger partial charge is 0.437 e. The van der Waals surface area contributed by atoms with Gasteiger partial charge >= 0.3 is 6.03 Å².